The first-order chi connectivity index (χ1) is 11.1. The molecular formula is C16H13F2N3OS. The molecule has 4 nitrogen and oxygen atoms in total. The number of carbonyl (C=O) groups excluding carboxylic acids is 1. The molecule has 1 N–H and O–H groups in total. The van der Waals surface area contributed by atoms with Gasteiger partial charge in [0.25, 0.3) is 5.91 Å². The number of rotatable bonds is 5. The second kappa shape index (κ2) is 6.70. The fraction of sp³-hybridized carbons (Fsp3) is 0.125. The molecule has 0 radical (unpaired) electrons. The quantitative estimate of drug-likeness (QED) is 0.779. The summed E-state index contributed by atoms with van der Waals surface area (Å²) in [7, 11) is 0. The first-order valence-corrected chi connectivity index (χ1v) is 7.79. The van der Waals surface area contributed by atoms with Crippen LogP contribution in [-0.4, -0.2) is 22.2 Å². The molecule has 0 saturated carbocycles. The summed E-state index contributed by atoms with van der Waals surface area (Å²) in [6.07, 6.45) is 3.48. The number of halogens is 2. The van der Waals surface area contributed by atoms with Crippen LogP contribution >= 0.6 is 11.3 Å². The first-order valence-electron chi connectivity index (χ1n) is 6.91. The molecular weight excluding hydrogens is 320 g/mol. The lowest BCUT2D eigenvalue weighted by Crippen LogP contribution is -2.31. The molecule has 3 rings (SSSR count). The highest BCUT2D eigenvalue weighted by Crippen LogP contribution is 2.22. The Morgan fingerprint density at radius 2 is 2.13 bits per heavy atom. The van der Waals surface area contributed by atoms with E-state index in [0.29, 0.717) is 6.54 Å². The van der Waals surface area contributed by atoms with E-state index in [1.54, 1.807) is 28.3 Å². The summed E-state index contributed by atoms with van der Waals surface area (Å²) in [6.45, 7) is 0.292. The Bertz CT molecular complexity index is 754. The van der Waals surface area contributed by atoms with Crippen molar-refractivity contribution >= 4 is 17.2 Å². The van der Waals surface area contributed by atoms with Crippen LogP contribution in [0.25, 0.3) is 0 Å². The van der Waals surface area contributed by atoms with Crippen LogP contribution in [0.3, 0.4) is 0 Å². The van der Waals surface area contributed by atoms with E-state index < -0.39 is 17.5 Å². The Kier molecular flexibility index (Phi) is 4.47. The van der Waals surface area contributed by atoms with Crippen molar-refractivity contribution < 1.29 is 13.6 Å². The number of aromatic nitrogens is 2. The molecule has 118 valence electrons. The molecule has 0 aliphatic rings. The largest absolute Gasteiger partial charge is 0.350 e. The minimum Gasteiger partial charge on any atom is -0.350 e. The van der Waals surface area contributed by atoms with E-state index in [9.17, 15) is 13.6 Å². The van der Waals surface area contributed by atoms with Crippen LogP contribution in [0.1, 0.15) is 21.3 Å². The Labute approximate surface area is 135 Å². The van der Waals surface area contributed by atoms with Gasteiger partial charge in [0.2, 0.25) is 0 Å². The number of hydrogen-bond donors (Lipinski definition) is 1. The molecule has 1 unspecified atom stereocenters. The van der Waals surface area contributed by atoms with Gasteiger partial charge in [-0.15, -0.1) is 11.3 Å². The Morgan fingerprint density at radius 1 is 1.26 bits per heavy atom. The van der Waals surface area contributed by atoms with Crippen LogP contribution in [0, 0.1) is 11.6 Å². The summed E-state index contributed by atoms with van der Waals surface area (Å²) in [4.78, 5) is 13.2. The average molecular weight is 333 g/mol. The molecule has 3 aromatic rings. The first kappa shape index (κ1) is 15.4. The average Bonchev–Trinajstić information content (AvgIpc) is 3.24. The zero-order chi connectivity index (χ0) is 16.2. The van der Waals surface area contributed by atoms with Crippen molar-refractivity contribution in [2.75, 3.05) is 6.54 Å². The molecule has 0 aliphatic heterocycles. The minimum atomic E-state index is -1.04. The van der Waals surface area contributed by atoms with Crippen LogP contribution in [0.4, 0.5) is 8.78 Å². The third-order valence-electron chi connectivity index (χ3n) is 3.35. The van der Waals surface area contributed by atoms with Crippen LogP contribution in [-0.2, 0) is 0 Å². The molecule has 2 aromatic heterocycles. The summed E-state index contributed by atoms with van der Waals surface area (Å²) in [5.74, 6) is -2.48. The van der Waals surface area contributed by atoms with Crippen LogP contribution in [0.15, 0.2) is 54.2 Å². The van der Waals surface area contributed by atoms with E-state index in [2.05, 4.69) is 10.4 Å². The number of carbonyl (C=O) groups is 1. The predicted octanol–water partition coefficient (Wildman–Crippen LogP) is 3.24. The molecule has 7 heteroatoms. The van der Waals surface area contributed by atoms with E-state index >= 15 is 0 Å². The number of nitrogens with one attached hydrogen (secondary N) is 1. The zero-order valence-electron chi connectivity index (χ0n) is 11.9. The van der Waals surface area contributed by atoms with Crippen LogP contribution in [0.2, 0.25) is 0 Å². The van der Waals surface area contributed by atoms with Crippen molar-refractivity contribution in [1.82, 2.24) is 15.1 Å². The standard InChI is InChI=1S/C16H13F2N3OS/c17-12-5-4-11(9-13(12)18)16(22)19-10-14(15-3-1-8-23-15)21-7-2-6-20-21/h1-9,14H,10H2,(H,19,22). The van der Waals surface area contributed by atoms with Crippen molar-refractivity contribution in [3.63, 3.8) is 0 Å². The SMILES string of the molecule is O=C(NCC(c1cccs1)n1cccn1)c1ccc(F)c(F)c1. The van der Waals surface area contributed by atoms with Crippen LogP contribution in [0.5, 0.6) is 0 Å². The lowest BCUT2D eigenvalue weighted by atomic mass is 10.2. The van der Waals surface area contributed by atoms with Crippen LogP contribution < -0.4 is 5.32 Å². The number of thiophene rings is 1. The summed E-state index contributed by atoms with van der Waals surface area (Å²) in [5.41, 5.74) is 0.0781. The maximum Gasteiger partial charge on any atom is 0.251 e. The zero-order valence-corrected chi connectivity index (χ0v) is 12.8. The normalized spacial score (nSPS) is 12.1. The Morgan fingerprint density at radius 3 is 2.78 bits per heavy atom. The van der Waals surface area contributed by atoms with E-state index in [1.165, 1.54) is 6.07 Å². The van der Waals surface area contributed by atoms with E-state index in [-0.39, 0.29) is 11.6 Å². The van der Waals surface area contributed by atoms with E-state index in [0.717, 1.165) is 17.0 Å². The van der Waals surface area contributed by atoms with Gasteiger partial charge in [-0.1, -0.05) is 6.07 Å². The lowest BCUT2D eigenvalue weighted by molar-refractivity contribution is 0.0949. The molecule has 1 atom stereocenters. The Balaban J connectivity index is 1.74. The van der Waals surface area contributed by atoms with Gasteiger partial charge in [0.1, 0.15) is 6.04 Å². The summed E-state index contributed by atoms with van der Waals surface area (Å²) in [5, 5.41) is 8.90. The van der Waals surface area contributed by atoms with Gasteiger partial charge in [-0.2, -0.15) is 5.10 Å². The highest BCUT2D eigenvalue weighted by Gasteiger charge is 2.17. The maximum atomic E-state index is 13.2. The van der Waals surface area contributed by atoms with Crippen molar-refractivity contribution in [2.24, 2.45) is 0 Å². The maximum absolute atomic E-state index is 13.2. The fourth-order valence-electron chi connectivity index (χ4n) is 2.20. The topological polar surface area (TPSA) is 46.9 Å². The molecule has 1 aromatic carbocycles. The fourth-order valence-corrected chi connectivity index (χ4v) is 3.02. The highest BCUT2D eigenvalue weighted by molar-refractivity contribution is 7.10. The molecule has 2 heterocycles. The molecule has 0 spiro atoms. The number of hydrogen-bond acceptors (Lipinski definition) is 3. The van der Waals surface area contributed by atoms with E-state index in [1.807, 2.05) is 23.7 Å². The third-order valence-corrected chi connectivity index (χ3v) is 4.33. The van der Waals surface area contributed by atoms with Gasteiger partial charge in [0.15, 0.2) is 11.6 Å². The molecule has 0 fully saturated rings. The van der Waals surface area contributed by atoms with E-state index in [4.69, 9.17) is 0 Å². The summed E-state index contributed by atoms with van der Waals surface area (Å²) < 4.78 is 27.9. The van der Waals surface area contributed by atoms with Gasteiger partial charge in [-0.3, -0.25) is 9.48 Å². The van der Waals surface area contributed by atoms with Gasteiger partial charge in [0, 0.05) is 29.4 Å². The Hall–Kier alpha value is -2.54. The smallest absolute Gasteiger partial charge is 0.251 e. The van der Waals surface area contributed by atoms with Gasteiger partial charge in [-0.25, -0.2) is 8.78 Å². The summed E-state index contributed by atoms with van der Waals surface area (Å²) in [6, 6.07) is 8.61. The van der Waals surface area contributed by atoms with Crippen molar-refractivity contribution in [1.29, 1.82) is 0 Å². The van der Waals surface area contributed by atoms with Gasteiger partial charge < -0.3 is 5.32 Å². The second-order valence-corrected chi connectivity index (χ2v) is 5.84. The molecule has 23 heavy (non-hydrogen) atoms. The monoisotopic (exact) mass is 333 g/mol. The predicted molar refractivity (Wildman–Crippen MR) is 83.4 cm³/mol. The molecule has 0 bridgehead atoms. The summed E-state index contributed by atoms with van der Waals surface area (Å²) >= 11 is 1.56. The lowest BCUT2D eigenvalue weighted by Gasteiger charge is -2.17. The van der Waals surface area contributed by atoms with Crippen molar-refractivity contribution in [3.05, 3.63) is 76.2 Å². The molecule has 0 saturated heterocycles. The minimum absolute atomic E-state index is 0.0781. The van der Waals surface area contributed by atoms with Crippen molar-refractivity contribution in [3.8, 4) is 0 Å². The second-order valence-electron chi connectivity index (χ2n) is 4.86. The molecule has 0 aliphatic carbocycles. The number of benzene rings is 1. The van der Waals surface area contributed by atoms with Crippen molar-refractivity contribution in [2.45, 2.75) is 6.04 Å². The van der Waals surface area contributed by atoms with Gasteiger partial charge >= 0.3 is 0 Å². The molecule has 1 amide bonds. The van der Waals surface area contributed by atoms with Gasteiger partial charge in [-0.05, 0) is 35.7 Å². The number of nitrogens with zero attached hydrogens (tertiary/aromatic N) is 2. The highest BCUT2D eigenvalue weighted by atomic mass is 32.1. The number of amides is 1. The van der Waals surface area contributed by atoms with Gasteiger partial charge in [0.05, 0.1) is 0 Å². The third kappa shape index (κ3) is 3.45.